The number of fused-ring (bicyclic) bond motifs is 1. The fraction of sp³-hybridized carbons (Fsp3) is 0.640. The van der Waals surface area contributed by atoms with Crippen LogP contribution in [0.15, 0.2) is 12.1 Å². The Hall–Kier alpha value is -2.05. The first-order valence-corrected chi connectivity index (χ1v) is 11.4. The molecule has 0 aromatic heterocycles. The van der Waals surface area contributed by atoms with Crippen molar-refractivity contribution in [2.75, 3.05) is 13.2 Å². The molecule has 0 radical (unpaired) electrons. The average Bonchev–Trinajstić information content (AvgIpc) is 2.69. The minimum absolute atomic E-state index is 0.0227. The maximum absolute atomic E-state index is 12.9. The number of aliphatic hydroxyl groups is 2. The molecule has 3 atom stereocenters. The molecule has 0 saturated carbocycles. The standard InChI is InChI=1S/C25H36O6/c1-3-4-5-6-18-7-8-22(29)25-20(18)13-17(14-24(25)31)12-19(9-10-26)21(15-27)23(30)11-16(2)28/h7-8,17,19,21,26-27,29H,3-6,9-15H2,1-2H3. The van der Waals surface area contributed by atoms with Crippen LogP contribution in [0, 0.1) is 17.8 Å². The van der Waals surface area contributed by atoms with Gasteiger partial charge in [-0.2, -0.15) is 0 Å². The second-order valence-corrected chi connectivity index (χ2v) is 8.89. The van der Waals surface area contributed by atoms with E-state index < -0.39 is 5.92 Å². The van der Waals surface area contributed by atoms with Gasteiger partial charge in [0.05, 0.1) is 18.6 Å². The van der Waals surface area contributed by atoms with Crippen LogP contribution in [0.5, 0.6) is 5.75 Å². The summed E-state index contributed by atoms with van der Waals surface area (Å²) in [6, 6.07) is 3.51. The number of carbonyl (C=O) groups is 3. The summed E-state index contributed by atoms with van der Waals surface area (Å²) in [4.78, 5) is 36.8. The predicted molar refractivity (Wildman–Crippen MR) is 118 cm³/mol. The van der Waals surface area contributed by atoms with Gasteiger partial charge >= 0.3 is 0 Å². The summed E-state index contributed by atoms with van der Waals surface area (Å²) < 4.78 is 0. The lowest BCUT2D eigenvalue weighted by atomic mass is 9.72. The minimum Gasteiger partial charge on any atom is -0.507 e. The van der Waals surface area contributed by atoms with Crippen LogP contribution in [-0.4, -0.2) is 45.9 Å². The number of ketones is 3. The molecule has 1 aromatic carbocycles. The number of unbranched alkanes of at least 4 members (excludes halogenated alkanes) is 2. The molecule has 31 heavy (non-hydrogen) atoms. The topological polar surface area (TPSA) is 112 Å². The highest BCUT2D eigenvalue weighted by Gasteiger charge is 2.34. The van der Waals surface area contributed by atoms with E-state index in [1.807, 2.05) is 6.07 Å². The number of phenols is 1. The number of hydrogen-bond donors (Lipinski definition) is 3. The monoisotopic (exact) mass is 432 g/mol. The van der Waals surface area contributed by atoms with E-state index in [0.29, 0.717) is 24.8 Å². The summed E-state index contributed by atoms with van der Waals surface area (Å²) in [5.41, 5.74) is 2.41. The third-order valence-corrected chi connectivity index (χ3v) is 6.42. The summed E-state index contributed by atoms with van der Waals surface area (Å²) in [5.74, 6) is -1.70. The quantitative estimate of drug-likeness (QED) is 0.325. The van der Waals surface area contributed by atoms with Crippen LogP contribution >= 0.6 is 0 Å². The van der Waals surface area contributed by atoms with Crippen molar-refractivity contribution in [2.45, 2.75) is 71.6 Å². The lowest BCUT2D eigenvalue weighted by Crippen LogP contribution is -2.32. The third kappa shape index (κ3) is 6.71. The molecule has 0 amide bonds. The van der Waals surface area contributed by atoms with Crippen LogP contribution in [0.4, 0.5) is 0 Å². The zero-order valence-electron chi connectivity index (χ0n) is 18.7. The van der Waals surface area contributed by atoms with E-state index in [1.165, 1.54) is 6.92 Å². The maximum Gasteiger partial charge on any atom is 0.167 e. The zero-order chi connectivity index (χ0) is 23.0. The van der Waals surface area contributed by atoms with Crippen molar-refractivity contribution in [3.05, 3.63) is 28.8 Å². The second-order valence-electron chi connectivity index (χ2n) is 8.89. The molecule has 2 rings (SSSR count). The van der Waals surface area contributed by atoms with Gasteiger partial charge in [0.1, 0.15) is 17.3 Å². The van der Waals surface area contributed by atoms with Crippen LogP contribution in [0.3, 0.4) is 0 Å². The van der Waals surface area contributed by atoms with Gasteiger partial charge in [0.2, 0.25) is 0 Å². The molecule has 3 unspecified atom stereocenters. The number of aryl methyl sites for hydroxylation is 1. The van der Waals surface area contributed by atoms with Crippen LogP contribution in [0.2, 0.25) is 0 Å². The predicted octanol–water partition coefficient (Wildman–Crippen LogP) is 3.42. The molecule has 172 valence electrons. The molecule has 1 aliphatic carbocycles. The van der Waals surface area contributed by atoms with Gasteiger partial charge in [0.15, 0.2) is 5.78 Å². The van der Waals surface area contributed by atoms with Crippen molar-refractivity contribution >= 4 is 17.3 Å². The molecule has 0 bridgehead atoms. The smallest absolute Gasteiger partial charge is 0.167 e. The Kier molecular flexibility index (Phi) is 9.85. The number of carbonyl (C=O) groups excluding carboxylic acids is 3. The first-order valence-electron chi connectivity index (χ1n) is 11.4. The second kappa shape index (κ2) is 12.1. The number of hydrogen-bond acceptors (Lipinski definition) is 6. The van der Waals surface area contributed by atoms with Crippen molar-refractivity contribution in [1.29, 1.82) is 0 Å². The lowest BCUT2D eigenvalue weighted by Gasteiger charge is -2.31. The Morgan fingerprint density at radius 1 is 1.16 bits per heavy atom. The summed E-state index contributed by atoms with van der Waals surface area (Å²) in [6.45, 7) is 2.97. The Balaban J connectivity index is 2.24. The Bertz CT molecular complexity index is 784. The number of Topliss-reactive ketones (excluding diaryl/α,β-unsaturated/α-hetero) is 3. The fourth-order valence-corrected chi connectivity index (χ4v) is 4.88. The largest absolute Gasteiger partial charge is 0.507 e. The molecule has 1 aromatic rings. The minimum atomic E-state index is -0.722. The Morgan fingerprint density at radius 2 is 1.90 bits per heavy atom. The summed E-state index contributed by atoms with van der Waals surface area (Å²) in [6.07, 6.45) is 5.57. The van der Waals surface area contributed by atoms with E-state index in [1.54, 1.807) is 6.07 Å². The van der Waals surface area contributed by atoms with E-state index in [4.69, 9.17) is 0 Å². The molecule has 0 heterocycles. The molecular formula is C25H36O6. The van der Waals surface area contributed by atoms with Crippen LogP contribution in [0.25, 0.3) is 0 Å². The highest BCUT2D eigenvalue weighted by molar-refractivity contribution is 6.01. The van der Waals surface area contributed by atoms with E-state index in [9.17, 15) is 29.7 Å². The van der Waals surface area contributed by atoms with Crippen molar-refractivity contribution in [1.82, 2.24) is 0 Å². The van der Waals surface area contributed by atoms with Gasteiger partial charge in [-0.15, -0.1) is 0 Å². The number of rotatable bonds is 13. The number of aliphatic hydroxyl groups excluding tert-OH is 2. The van der Waals surface area contributed by atoms with Crippen molar-refractivity contribution in [2.24, 2.45) is 17.8 Å². The van der Waals surface area contributed by atoms with Gasteiger partial charge < -0.3 is 15.3 Å². The van der Waals surface area contributed by atoms with Crippen molar-refractivity contribution < 1.29 is 29.7 Å². The van der Waals surface area contributed by atoms with Crippen LogP contribution in [0.1, 0.15) is 80.3 Å². The normalized spacial score (nSPS) is 17.8. The highest BCUT2D eigenvalue weighted by atomic mass is 16.3. The first kappa shape index (κ1) is 25.2. The number of phenolic OH excluding ortho intramolecular Hbond substituents is 1. The average molecular weight is 433 g/mol. The maximum atomic E-state index is 12.9. The van der Waals surface area contributed by atoms with Crippen molar-refractivity contribution in [3.8, 4) is 5.75 Å². The lowest BCUT2D eigenvalue weighted by molar-refractivity contribution is -0.131. The van der Waals surface area contributed by atoms with Gasteiger partial charge in [0, 0.05) is 18.9 Å². The molecule has 3 N–H and O–H groups in total. The van der Waals surface area contributed by atoms with Gasteiger partial charge in [-0.3, -0.25) is 14.4 Å². The summed E-state index contributed by atoms with van der Waals surface area (Å²) >= 11 is 0. The fourth-order valence-electron chi connectivity index (χ4n) is 4.88. The molecule has 6 heteroatoms. The van der Waals surface area contributed by atoms with Gasteiger partial charge in [-0.1, -0.05) is 25.8 Å². The van der Waals surface area contributed by atoms with Crippen LogP contribution < -0.4 is 0 Å². The molecule has 0 aliphatic heterocycles. The van der Waals surface area contributed by atoms with Gasteiger partial charge in [0.25, 0.3) is 0 Å². The number of aromatic hydroxyl groups is 1. The summed E-state index contributed by atoms with van der Waals surface area (Å²) in [7, 11) is 0. The molecule has 0 saturated heterocycles. The summed E-state index contributed by atoms with van der Waals surface area (Å²) in [5, 5.41) is 29.7. The Morgan fingerprint density at radius 3 is 2.52 bits per heavy atom. The van der Waals surface area contributed by atoms with Gasteiger partial charge in [-0.05, 0) is 68.1 Å². The first-order chi connectivity index (χ1) is 14.8. The molecule has 0 spiro atoms. The molecule has 6 nitrogen and oxygen atoms in total. The molecule has 1 aliphatic rings. The van der Waals surface area contributed by atoms with E-state index in [0.717, 1.165) is 36.8 Å². The van der Waals surface area contributed by atoms with Crippen molar-refractivity contribution in [3.63, 3.8) is 0 Å². The van der Waals surface area contributed by atoms with E-state index in [2.05, 4.69) is 6.92 Å². The molecular weight excluding hydrogens is 396 g/mol. The highest BCUT2D eigenvalue weighted by Crippen LogP contribution is 2.38. The van der Waals surface area contributed by atoms with E-state index in [-0.39, 0.29) is 61.0 Å². The van der Waals surface area contributed by atoms with E-state index >= 15 is 0 Å². The number of benzene rings is 1. The van der Waals surface area contributed by atoms with Crippen LogP contribution in [-0.2, 0) is 22.4 Å². The SMILES string of the molecule is CCCCCc1ccc(O)c2c1CC(CC(CCO)C(CO)C(=O)CC(C)=O)CC2=O. The zero-order valence-corrected chi connectivity index (χ0v) is 18.7. The Labute approximate surface area is 184 Å². The molecule has 0 fully saturated rings. The van der Waals surface area contributed by atoms with Gasteiger partial charge in [-0.25, -0.2) is 0 Å². The third-order valence-electron chi connectivity index (χ3n) is 6.42.